The minimum absolute atomic E-state index is 0.00674. The highest BCUT2D eigenvalue weighted by molar-refractivity contribution is 8.00. The SMILES string of the molecule is Nc1nc(=O)n([C@H]2CS[C@@H](CO)O2)cc1Cl. The summed E-state index contributed by atoms with van der Waals surface area (Å²) in [6.45, 7) is -0.0912. The van der Waals surface area contributed by atoms with Crippen molar-refractivity contribution in [1.82, 2.24) is 9.55 Å². The number of nitrogen functional groups attached to an aromatic ring is 1. The average molecular weight is 264 g/mol. The minimum atomic E-state index is -0.508. The molecule has 2 rings (SSSR count). The molecule has 1 aromatic rings. The number of halogens is 1. The molecule has 0 amide bonds. The second-order valence-corrected chi connectivity index (χ2v) is 4.80. The third-order valence-corrected chi connectivity index (χ3v) is 3.53. The number of hydrogen-bond acceptors (Lipinski definition) is 6. The van der Waals surface area contributed by atoms with Crippen LogP contribution in [0.4, 0.5) is 5.82 Å². The summed E-state index contributed by atoms with van der Waals surface area (Å²) in [4.78, 5) is 15.1. The maximum absolute atomic E-state index is 11.5. The summed E-state index contributed by atoms with van der Waals surface area (Å²) < 4.78 is 6.69. The number of thioether (sulfide) groups is 1. The second kappa shape index (κ2) is 4.62. The number of nitrogens with two attached hydrogens (primary N) is 1. The molecule has 2 atom stereocenters. The molecule has 0 radical (unpaired) electrons. The number of aliphatic hydroxyl groups excluding tert-OH is 1. The van der Waals surface area contributed by atoms with E-state index in [1.807, 2.05) is 0 Å². The highest BCUT2D eigenvalue weighted by atomic mass is 35.5. The van der Waals surface area contributed by atoms with Gasteiger partial charge in [0.2, 0.25) is 0 Å². The summed E-state index contributed by atoms with van der Waals surface area (Å²) in [5, 5.41) is 9.11. The predicted molar refractivity (Wildman–Crippen MR) is 61.4 cm³/mol. The molecule has 8 heteroatoms. The summed E-state index contributed by atoms with van der Waals surface area (Å²) in [5.41, 5.74) is 4.58. The first-order valence-electron chi connectivity index (χ1n) is 4.54. The Bertz CT molecular complexity index is 453. The van der Waals surface area contributed by atoms with E-state index in [1.54, 1.807) is 0 Å². The molecule has 0 spiro atoms. The van der Waals surface area contributed by atoms with Crippen molar-refractivity contribution in [3.63, 3.8) is 0 Å². The van der Waals surface area contributed by atoms with Crippen molar-refractivity contribution >= 4 is 29.2 Å². The van der Waals surface area contributed by atoms with E-state index in [0.29, 0.717) is 5.75 Å². The molecule has 88 valence electrons. The van der Waals surface area contributed by atoms with Gasteiger partial charge in [-0.05, 0) is 0 Å². The van der Waals surface area contributed by atoms with E-state index >= 15 is 0 Å². The lowest BCUT2D eigenvalue weighted by molar-refractivity contribution is -0.00627. The zero-order chi connectivity index (χ0) is 11.7. The van der Waals surface area contributed by atoms with E-state index in [2.05, 4.69) is 4.98 Å². The molecule has 2 heterocycles. The Labute approximate surface area is 100 Å². The molecular weight excluding hydrogens is 254 g/mol. The first-order chi connectivity index (χ1) is 7.61. The first kappa shape index (κ1) is 11.7. The Balaban J connectivity index is 2.28. The first-order valence-corrected chi connectivity index (χ1v) is 5.96. The molecule has 0 unspecified atom stereocenters. The van der Waals surface area contributed by atoms with Gasteiger partial charge in [-0.3, -0.25) is 4.57 Å². The zero-order valence-electron chi connectivity index (χ0n) is 8.17. The van der Waals surface area contributed by atoms with Crippen LogP contribution < -0.4 is 11.4 Å². The molecule has 16 heavy (non-hydrogen) atoms. The fourth-order valence-electron chi connectivity index (χ4n) is 1.35. The van der Waals surface area contributed by atoms with Crippen LogP contribution in [0.5, 0.6) is 0 Å². The van der Waals surface area contributed by atoms with E-state index in [0.717, 1.165) is 0 Å². The molecule has 1 aromatic heterocycles. The van der Waals surface area contributed by atoms with E-state index in [-0.39, 0.29) is 22.9 Å². The molecular formula is C8H10ClN3O3S. The zero-order valence-corrected chi connectivity index (χ0v) is 9.74. The normalized spacial score (nSPS) is 24.9. The van der Waals surface area contributed by atoms with E-state index < -0.39 is 11.9 Å². The van der Waals surface area contributed by atoms with Crippen molar-refractivity contribution in [3.05, 3.63) is 21.7 Å². The molecule has 0 saturated carbocycles. The van der Waals surface area contributed by atoms with Gasteiger partial charge in [-0.2, -0.15) is 4.98 Å². The van der Waals surface area contributed by atoms with E-state index in [4.69, 9.17) is 27.2 Å². The summed E-state index contributed by atoms with van der Waals surface area (Å²) in [6.07, 6.45) is 0.942. The van der Waals surface area contributed by atoms with Gasteiger partial charge in [-0.25, -0.2) is 4.79 Å². The van der Waals surface area contributed by atoms with Gasteiger partial charge < -0.3 is 15.6 Å². The third-order valence-electron chi connectivity index (χ3n) is 2.13. The molecule has 0 bridgehead atoms. The summed E-state index contributed by atoms with van der Waals surface area (Å²) in [6, 6.07) is 0. The maximum atomic E-state index is 11.5. The monoisotopic (exact) mass is 263 g/mol. The van der Waals surface area contributed by atoms with E-state index in [9.17, 15) is 4.79 Å². The van der Waals surface area contributed by atoms with Gasteiger partial charge in [0.15, 0.2) is 0 Å². The fraction of sp³-hybridized carbons (Fsp3) is 0.500. The van der Waals surface area contributed by atoms with Crippen molar-refractivity contribution in [3.8, 4) is 0 Å². The number of hydrogen-bond donors (Lipinski definition) is 2. The lowest BCUT2D eigenvalue weighted by Crippen LogP contribution is -2.29. The number of rotatable bonds is 2. The van der Waals surface area contributed by atoms with Gasteiger partial charge in [0.05, 0.1) is 11.6 Å². The lowest BCUT2D eigenvalue weighted by atomic mass is 10.5. The van der Waals surface area contributed by atoms with Crippen LogP contribution in [0, 0.1) is 0 Å². The molecule has 1 saturated heterocycles. The maximum Gasteiger partial charge on any atom is 0.351 e. The summed E-state index contributed by atoms with van der Waals surface area (Å²) >= 11 is 7.21. The Morgan fingerprint density at radius 2 is 2.56 bits per heavy atom. The van der Waals surface area contributed by atoms with Gasteiger partial charge in [0.25, 0.3) is 0 Å². The van der Waals surface area contributed by atoms with Crippen molar-refractivity contribution in [1.29, 1.82) is 0 Å². The van der Waals surface area contributed by atoms with Crippen molar-refractivity contribution in [2.24, 2.45) is 0 Å². The van der Waals surface area contributed by atoms with Crippen molar-refractivity contribution < 1.29 is 9.84 Å². The summed E-state index contributed by atoms with van der Waals surface area (Å²) in [7, 11) is 0. The predicted octanol–water partition coefficient (Wildman–Crippen LogP) is 0.0593. The topological polar surface area (TPSA) is 90.4 Å². The van der Waals surface area contributed by atoms with Crippen LogP contribution in [0.15, 0.2) is 11.0 Å². The van der Waals surface area contributed by atoms with Gasteiger partial charge in [-0.1, -0.05) is 11.6 Å². The van der Waals surface area contributed by atoms with Gasteiger partial charge >= 0.3 is 5.69 Å². The number of anilines is 1. The Kier molecular flexibility index (Phi) is 3.38. The molecule has 0 aromatic carbocycles. The number of ether oxygens (including phenoxy) is 1. The van der Waals surface area contributed by atoms with Crippen LogP contribution in [0.25, 0.3) is 0 Å². The van der Waals surface area contributed by atoms with Gasteiger partial charge in [0, 0.05) is 11.9 Å². The Morgan fingerprint density at radius 3 is 3.19 bits per heavy atom. The van der Waals surface area contributed by atoms with Crippen LogP contribution in [0.3, 0.4) is 0 Å². The van der Waals surface area contributed by atoms with Crippen LogP contribution in [0.2, 0.25) is 5.02 Å². The van der Waals surface area contributed by atoms with Crippen LogP contribution >= 0.6 is 23.4 Å². The Morgan fingerprint density at radius 1 is 1.81 bits per heavy atom. The standard InChI is InChI=1S/C8H10ClN3O3S/c9-4-1-12(8(14)11-7(4)10)5-3-16-6(2-13)15-5/h1,5-6,13H,2-3H2,(H2,10,11,14)/t5-,6+/m1/s1. The largest absolute Gasteiger partial charge is 0.393 e. The van der Waals surface area contributed by atoms with Crippen molar-refractivity contribution in [2.75, 3.05) is 18.1 Å². The average Bonchev–Trinajstić information content (AvgIpc) is 2.71. The quantitative estimate of drug-likeness (QED) is 0.784. The van der Waals surface area contributed by atoms with Gasteiger partial charge in [-0.15, -0.1) is 11.8 Å². The molecule has 1 fully saturated rings. The van der Waals surface area contributed by atoms with Crippen LogP contribution in [-0.4, -0.2) is 32.5 Å². The number of nitrogens with zero attached hydrogens (tertiary/aromatic N) is 2. The highest BCUT2D eigenvalue weighted by Crippen LogP contribution is 2.31. The molecule has 1 aliphatic rings. The Hall–Kier alpha value is -0.760. The smallest absolute Gasteiger partial charge is 0.351 e. The lowest BCUT2D eigenvalue weighted by Gasteiger charge is -2.13. The number of aliphatic hydroxyl groups is 1. The van der Waals surface area contributed by atoms with Crippen LogP contribution in [-0.2, 0) is 4.74 Å². The molecule has 1 aliphatic heterocycles. The molecule has 3 N–H and O–H groups in total. The third kappa shape index (κ3) is 2.17. The number of aromatic nitrogens is 2. The highest BCUT2D eigenvalue weighted by Gasteiger charge is 2.27. The minimum Gasteiger partial charge on any atom is -0.393 e. The van der Waals surface area contributed by atoms with Crippen LogP contribution in [0.1, 0.15) is 6.23 Å². The van der Waals surface area contributed by atoms with Gasteiger partial charge in [0.1, 0.15) is 17.5 Å². The second-order valence-electron chi connectivity index (χ2n) is 3.20. The molecule has 6 nitrogen and oxygen atoms in total. The fourth-order valence-corrected chi connectivity index (χ4v) is 2.43. The van der Waals surface area contributed by atoms with E-state index in [1.165, 1.54) is 22.5 Å². The van der Waals surface area contributed by atoms with Crippen molar-refractivity contribution in [2.45, 2.75) is 11.7 Å². The molecule has 0 aliphatic carbocycles. The summed E-state index contributed by atoms with van der Waals surface area (Å²) in [5.74, 6) is 0.569.